The molecule has 0 aliphatic rings. The van der Waals surface area contributed by atoms with Crippen LogP contribution < -0.4 is 0 Å². The predicted molar refractivity (Wildman–Crippen MR) is 46.5 cm³/mol. The molecule has 0 fully saturated rings. The van der Waals surface area contributed by atoms with Crippen molar-refractivity contribution in [2.24, 2.45) is 0 Å². The number of aromatic amines is 1. The fraction of sp³-hybridized carbons (Fsp3) is 0.111. The van der Waals surface area contributed by atoms with Crippen molar-refractivity contribution in [3.63, 3.8) is 0 Å². The Labute approximate surface area is 74.9 Å². The zero-order chi connectivity index (χ0) is 9.84. The highest BCUT2D eigenvalue weighted by Gasteiger charge is 2.09. The number of hydrogen-bond acceptors (Lipinski definition) is 2. The number of aliphatic carboxylic acids is 1. The van der Waals surface area contributed by atoms with Gasteiger partial charge in [0.2, 0.25) is 5.78 Å². The lowest BCUT2D eigenvalue weighted by Crippen LogP contribution is -2.03. The molecule has 0 saturated heterocycles. The van der Waals surface area contributed by atoms with Gasteiger partial charge in [0.15, 0.2) is 0 Å². The second-order valence-corrected chi connectivity index (χ2v) is 2.58. The number of carboxylic acid groups (broad SMARTS) is 1. The Balaban J connectivity index is 2.86. The van der Waals surface area contributed by atoms with Gasteiger partial charge in [-0.1, -0.05) is 0 Å². The molecule has 1 aromatic rings. The summed E-state index contributed by atoms with van der Waals surface area (Å²) in [5.74, 6) is -1.41. The minimum Gasteiger partial charge on any atom is -0.478 e. The summed E-state index contributed by atoms with van der Waals surface area (Å²) in [6.45, 7) is 1.47. The highest BCUT2D eigenvalue weighted by molar-refractivity contribution is 6.09. The Hall–Kier alpha value is -1.84. The van der Waals surface area contributed by atoms with Gasteiger partial charge in [-0.15, -0.1) is 0 Å². The maximum atomic E-state index is 11.4. The van der Waals surface area contributed by atoms with E-state index >= 15 is 0 Å². The molecule has 0 radical (unpaired) electrons. The molecular formula is C9H9NO3. The lowest BCUT2D eigenvalue weighted by atomic mass is 10.1. The van der Waals surface area contributed by atoms with Gasteiger partial charge in [-0.2, -0.15) is 0 Å². The van der Waals surface area contributed by atoms with Gasteiger partial charge in [-0.25, -0.2) is 4.79 Å². The van der Waals surface area contributed by atoms with Gasteiger partial charge >= 0.3 is 5.97 Å². The highest BCUT2D eigenvalue weighted by Crippen LogP contribution is 2.04. The number of hydrogen-bond donors (Lipinski definition) is 2. The zero-order valence-electron chi connectivity index (χ0n) is 7.07. The molecule has 0 aromatic carbocycles. The lowest BCUT2D eigenvalue weighted by Gasteiger charge is -1.95. The second kappa shape index (κ2) is 3.71. The Morgan fingerprint density at radius 2 is 2.23 bits per heavy atom. The summed E-state index contributed by atoms with van der Waals surface area (Å²) in [5.41, 5.74) is 0.602. The number of carbonyl (C=O) groups excluding carboxylic acids is 1. The molecule has 4 heteroatoms. The lowest BCUT2D eigenvalue weighted by molar-refractivity contribution is -0.131. The maximum absolute atomic E-state index is 11.4. The predicted octanol–water partition coefficient (Wildman–Crippen LogP) is 1.23. The quantitative estimate of drug-likeness (QED) is 0.541. The van der Waals surface area contributed by atoms with Crippen molar-refractivity contribution in [3.05, 3.63) is 35.7 Å². The standard InChI is InChI=1S/C9H9NO3/c1-6(5-8(11)12)9(13)7-3-2-4-10-7/h2-5,10H,1H3,(H,11,12)/b6-5+. The molecular weight excluding hydrogens is 170 g/mol. The SMILES string of the molecule is C/C(=C\C(=O)O)C(=O)c1ccc[nH]1. The third-order valence-corrected chi connectivity index (χ3v) is 1.54. The number of aromatic nitrogens is 1. The van der Waals surface area contributed by atoms with Crippen molar-refractivity contribution in [1.82, 2.24) is 4.98 Å². The van der Waals surface area contributed by atoms with Crippen LogP contribution in [0, 0.1) is 0 Å². The van der Waals surface area contributed by atoms with E-state index in [1.807, 2.05) is 0 Å². The fourth-order valence-corrected chi connectivity index (χ4v) is 0.935. The molecule has 1 aromatic heterocycles. The maximum Gasteiger partial charge on any atom is 0.328 e. The van der Waals surface area contributed by atoms with Gasteiger partial charge < -0.3 is 10.1 Å². The molecule has 4 nitrogen and oxygen atoms in total. The second-order valence-electron chi connectivity index (χ2n) is 2.58. The van der Waals surface area contributed by atoms with Crippen LogP contribution in [0.4, 0.5) is 0 Å². The van der Waals surface area contributed by atoms with Crippen LogP contribution in [0.2, 0.25) is 0 Å². The number of nitrogens with one attached hydrogen (secondary N) is 1. The summed E-state index contributed by atoms with van der Waals surface area (Å²) in [4.78, 5) is 24.3. The molecule has 0 aliphatic carbocycles. The van der Waals surface area contributed by atoms with Crippen LogP contribution in [0.1, 0.15) is 17.4 Å². The van der Waals surface area contributed by atoms with Gasteiger partial charge in [0, 0.05) is 17.8 Å². The van der Waals surface area contributed by atoms with Crippen LogP contribution in [0.15, 0.2) is 30.0 Å². The Morgan fingerprint density at radius 1 is 1.54 bits per heavy atom. The van der Waals surface area contributed by atoms with E-state index in [1.54, 1.807) is 18.3 Å². The number of carbonyl (C=O) groups is 2. The van der Waals surface area contributed by atoms with Crippen molar-refractivity contribution < 1.29 is 14.7 Å². The summed E-state index contributed by atoms with van der Waals surface area (Å²) in [7, 11) is 0. The summed E-state index contributed by atoms with van der Waals surface area (Å²) in [6.07, 6.45) is 2.50. The number of rotatable bonds is 3. The highest BCUT2D eigenvalue weighted by atomic mass is 16.4. The topological polar surface area (TPSA) is 70.2 Å². The van der Waals surface area contributed by atoms with E-state index < -0.39 is 5.97 Å². The summed E-state index contributed by atoms with van der Waals surface area (Å²) >= 11 is 0. The van der Waals surface area contributed by atoms with E-state index in [0.29, 0.717) is 5.69 Å². The average Bonchev–Trinajstić information content (AvgIpc) is 2.53. The van der Waals surface area contributed by atoms with Gasteiger partial charge in [0.05, 0.1) is 5.69 Å². The molecule has 0 bridgehead atoms. The number of Topliss-reactive ketones (excluding diaryl/α,β-unsaturated/α-hetero) is 1. The van der Waals surface area contributed by atoms with Crippen molar-refractivity contribution in [2.75, 3.05) is 0 Å². The molecule has 2 N–H and O–H groups in total. The van der Waals surface area contributed by atoms with E-state index in [9.17, 15) is 9.59 Å². The van der Waals surface area contributed by atoms with Gasteiger partial charge in [0.25, 0.3) is 0 Å². The molecule has 0 spiro atoms. The van der Waals surface area contributed by atoms with Gasteiger partial charge in [-0.05, 0) is 19.1 Å². The smallest absolute Gasteiger partial charge is 0.328 e. The molecule has 0 unspecified atom stereocenters. The molecule has 13 heavy (non-hydrogen) atoms. The normalized spacial score (nSPS) is 11.3. The van der Waals surface area contributed by atoms with Crippen LogP contribution in [-0.2, 0) is 4.79 Å². The van der Waals surface area contributed by atoms with E-state index in [1.165, 1.54) is 6.92 Å². The zero-order valence-corrected chi connectivity index (χ0v) is 7.07. The number of ketones is 1. The third-order valence-electron chi connectivity index (χ3n) is 1.54. The van der Waals surface area contributed by atoms with E-state index in [0.717, 1.165) is 6.08 Å². The van der Waals surface area contributed by atoms with Crippen LogP contribution in [-0.4, -0.2) is 21.8 Å². The number of allylic oxidation sites excluding steroid dienone is 1. The molecule has 0 saturated carbocycles. The first-order chi connectivity index (χ1) is 6.11. The molecule has 0 atom stereocenters. The first-order valence-electron chi connectivity index (χ1n) is 3.70. The minimum absolute atomic E-state index is 0.204. The van der Waals surface area contributed by atoms with Gasteiger partial charge in [-0.3, -0.25) is 4.79 Å². The molecule has 1 heterocycles. The Kier molecular flexibility index (Phi) is 2.64. The van der Waals surface area contributed by atoms with Gasteiger partial charge in [0.1, 0.15) is 0 Å². The van der Waals surface area contributed by atoms with E-state index in [2.05, 4.69) is 4.98 Å². The molecule has 0 aliphatic heterocycles. The summed E-state index contributed by atoms with van der Waals surface area (Å²) < 4.78 is 0. The van der Waals surface area contributed by atoms with Crippen LogP contribution in [0.5, 0.6) is 0 Å². The van der Waals surface area contributed by atoms with Crippen molar-refractivity contribution in [2.45, 2.75) is 6.92 Å². The van der Waals surface area contributed by atoms with Crippen LogP contribution in [0.3, 0.4) is 0 Å². The number of carboxylic acids is 1. The van der Waals surface area contributed by atoms with Crippen molar-refractivity contribution >= 4 is 11.8 Å². The summed E-state index contributed by atoms with van der Waals surface area (Å²) in [5, 5.41) is 8.39. The average molecular weight is 179 g/mol. The van der Waals surface area contributed by atoms with Crippen LogP contribution >= 0.6 is 0 Å². The van der Waals surface area contributed by atoms with Crippen molar-refractivity contribution in [1.29, 1.82) is 0 Å². The van der Waals surface area contributed by atoms with Crippen molar-refractivity contribution in [3.8, 4) is 0 Å². The van der Waals surface area contributed by atoms with Crippen LogP contribution in [0.25, 0.3) is 0 Å². The van der Waals surface area contributed by atoms with E-state index in [-0.39, 0.29) is 11.4 Å². The number of H-pyrrole nitrogens is 1. The Bertz CT molecular complexity index is 349. The fourth-order valence-electron chi connectivity index (χ4n) is 0.935. The molecule has 1 rings (SSSR count). The molecule has 0 amide bonds. The first kappa shape index (κ1) is 9.25. The molecule has 68 valence electrons. The Morgan fingerprint density at radius 3 is 2.69 bits per heavy atom. The largest absolute Gasteiger partial charge is 0.478 e. The third kappa shape index (κ3) is 2.30. The summed E-state index contributed by atoms with van der Waals surface area (Å²) in [6, 6.07) is 3.28. The monoisotopic (exact) mass is 179 g/mol. The minimum atomic E-state index is -1.11. The van der Waals surface area contributed by atoms with E-state index in [4.69, 9.17) is 5.11 Å². The first-order valence-corrected chi connectivity index (χ1v) is 3.70.